The van der Waals surface area contributed by atoms with Crippen molar-refractivity contribution in [1.82, 2.24) is 14.1 Å². The van der Waals surface area contributed by atoms with Crippen molar-refractivity contribution in [3.05, 3.63) is 40.7 Å². The fourth-order valence-corrected chi connectivity index (χ4v) is 3.12. The molecular formula is C15H19ClN4O3S. The normalized spacial score (nSPS) is 11.8. The molecule has 1 aromatic carbocycles. The summed E-state index contributed by atoms with van der Waals surface area (Å²) < 4.78 is 26.6. The van der Waals surface area contributed by atoms with Crippen LogP contribution in [0.25, 0.3) is 0 Å². The monoisotopic (exact) mass is 370 g/mol. The maximum atomic E-state index is 12.1. The van der Waals surface area contributed by atoms with Crippen LogP contribution in [-0.4, -0.2) is 42.5 Å². The number of anilines is 1. The molecule has 0 radical (unpaired) electrons. The van der Waals surface area contributed by atoms with Crippen molar-refractivity contribution in [1.29, 1.82) is 0 Å². The maximum Gasteiger partial charge on any atom is 0.246 e. The first-order chi connectivity index (χ1) is 11.1. The van der Waals surface area contributed by atoms with Gasteiger partial charge in [0.05, 0.1) is 21.3 Å². The van der Waals surface area contributed by atoms with Crippen LogP contribution in [0.5, 0.6) is 0 Å². The number of nitrogens with zero attached hydrogens (tertiary/aromatic N) is 3. The summed E-state index contributed by atoms with van der Waals surface area (Å²) in [6.07, 6.45) is 0. The standard InChI is InChI=1S/C15H19ClN4O3S/c1-10-15(16)11(2)20(18-10)9-14(21)17-12-5-7-13(8-6-12)24(22,23)19(3)4/h5-8H,9H2,1-4H3,(H,17,21). The molecule has 9 heteroatoms. The summed E-state index contributed by atoms with van der Waals surface area (Å²) in [5.74, 6) is -0.277. The SMILES string of the molecule is Cc1nn(CC(=O)Nc2ccc(S(=O)(=O)N(C)C)cc2)c(C)c1Cl. The molecule has 2 aromatic rings. The molecule has 0 aliphatic carbocycles. The number of rotatable bonds is 5. The fourth-order valence-electron chi connectivity index (χ4n) is 2.09. The number of carbonyl (C=O) groups excluding carboxylic acids is 1. The van der Waals surface area contributed by atoms with Crippen LogP contribution in [0.4, 0.5) is 5.69 Å². The lowest BCUT2D eigenvalue weighted by Crippen LogP contribution is -2.22. The van der Waals surface area contributed by atoms with E-state index in [1.807, 2.05) is 0 Å². The minimum Gasteiger partial charge on any atom is -0.324 e. The van der Waals surface area contributed by atoms with Gasteiger partial charge in [0.25, 0.3) is 0 Å². The lowest BCUT2D eigenvalue weighted by atomic mass is 10.3. The van der Waals surface area contributed by atoms with Gasteiger partial charge in [0.1, 0.15) is 6.54 Å². The van der Waals surface area contributed by atoms with Gasteiger partial charge in [0.2, 0.25) is 15.9 Å². The Morgan fingerprint density at radius 2 is 1.83 bits per heavy atom. The summed E-state index contributed by atoms with van der Waals surface area (Å²) in [6, 6.07) is 5.99. The molecule has 24 heavy (non-hydrogen) atoms. The minimum atomic E-state index is -3.49. The molecule has 130 valence electrons. The van der Waals surface area contributed by atoms with E-state index in [4.69, 9.17) is 11.6 Å². The molecular weight excluding hydrogens is 352 g/mol. The largest absolute Gasteiger partial charge is 0.324 e. The predicted octanol–water partition coefficient (Wildman–Crippen LogP) is 2.04. The van der Waals surface area contributed by atoms with Gasteiger partial charge in [-0.3, -0.25) is 9.48 Å². The van der Waals surface area contributed by atoms with Crippen molar-refractivity contribution in [2.24, 2.45) is 0 Å². The molecule has 0 saturated heterocycles. The Hall–Kier alpha value is -1.90. The maximum absolute atomic E-state index is 12.1. The molecule has 1 amide bonds. The first-order valence-corrected chi connectivity index (χ1v) is 8.96. The van der Waals surface area contributed by atoms with Crippen molar-refractivity contribution in [2.45, 2.75) is 25.3 Å². The van der Waals surface area contributed by atoms with Gasteiger partial charge in [0.15, 0.2) is 0 Å². The van der Waals surface area contributed by atoms with Crippen LogP contribution in [0.3, 0.4) is 0 Å². The van der Waals surface area contributed by atoms with Gasteiger partial charge in [-0.2, -0.15) is 5.10 Å². The molecule has 1 heterocycles. The van der Waals surface area contributed by atoms with Gasteiger partial charge >= 0.3 is 0 Å². The Morgan fingerprint density at radius 1 is 1.25 bits per heavy atom. The highest BCUT2D eigenvalue weighted by Crippen LogP contribution is 2.19. The Balaban J connectivity index is 2.08. The topological polar surface area (TPSA) is 84.3 Å². The summed E-state index contributed by atoms with van der Waals surface area (Å²) in [4.78, 5) is 12.3. The van der Waals surface area contributed by atoms with E-state index >= 15 is 0 Å². The van der Waals surface area contributed by atoms with E-state index in [-0.39, 0.29) is 17.3 Å². The molecule has 2 rings (SSSR count). The van der Waals surface area contributed by atoms with E-state index in [1.165, 1.54) is 30.9 Å². The number of aromatic nitrogens is 2. The van der Waals surface area contributed by atoms with Gasteiger partial charge in [-0.1, -0.05) is 11.6 Å². The third-order valence-electron chi connectivity index (χ3n) is 3.50. The number of benzene rings is 1. The smallest absolute Gasteiger partial charge is 0.246 e. The van der Waals surface area contributed by atoms with Crippen LogP contribution in [0.1, 0.15) is 11.4 Å². The summed E-state index contributed by atoms with van der Waals surface area (Å²) >= 11 is 6.05. The van der Waals surface area contributed by atoms with E-state index < -0.39 is 10.0 Å². The highest BCUT2D eigenvalue weighted by atomic mass is 35.5. The second-order valence-electron chi connectivity index (χ2n) is 5.50. The molecule has 0 fully saturated rings. The van der Waals surface area contributed by atoms with E-state index in [0.29, 0.717) is 16.4 Å². The molecule has 0 unspecified atom stereocenters. The highest BCUT2D eigenvalue weighted by molar-refractivity contribution is 7.89. The third-order valence-corrected chi connectivity index (χ3v) is 5.88. The van der Waals surface area contributed by atoms with E-state index in [1.54, 1.807) is 26.0 Å². The number of aryl methyl sites for hydroxylation is 1. The van der Waals surface area contributed by atoms with Crippen molar-refractivity contribution >= 4 is 33.2 Å². The van der Waals surface area contributed by atoms with Crippen molar-refractivity contribution in [3.8, 4) is 0 Å². The van der Waals surface area contributed by atoms with Gasteiger partial charge < -0.3 is 5.32 Å². The zero-order valence-electron chi connectivity index (χ0n) is 13.9. The lowest BCUT2D eigenvalue weighted by molar-refractivity contribution is -0.116. The Kier molecular flexibility index (Phi) is 5.32. The molecule has 0 aliphatic rings. The van der Waals surface area contributed by atoms with Crippen LogP contribution in [0, 0.1) is 13.8 Å². The van der Waals surface area contributed by atoms with Crippen LogP contribution in [0.2, 0.25) is 5.02 Å². The number of halogens is 1. The van der Waals surface area contributed by atoms with Crippen LogP contribution < -0.4 is 5.32 Å². The highest BCUT2D eigenvalue weighted by Gasteiger charge is 2.17. The van der Waals surface area contributed by atoms with Crippen LogP contribution >= 0.6 is 11.6 Å². The first kappa shape index (κ1) is 18.4. The predicted molar refractivity (Wildman–Crippen MR) is 92.7 cm³/mol. The zero-order chi connectivity index (χ0) is 18.1. The second kappa shape index (κ2) is 6.92. The van der Waals surface area contributed by atoms with Gasteiger partial charge in [-0.05, 0) is 38.1 Å². The lowest BCUT2D eigenvalue weighted by Gasteiger charge is -2.12. The van der Waals surface area contributed by atoms with Crippen molar-refractivity contribution in [3.63, 3.8) is 0 Å². The number of carbonyl (C=O) groups is 1. The number of nitrogens with one attached hydrogen (secondary N) is 1. The molecule has 7 nitrogen and oxygen atoms in total. The van der Waals surface area contributed by atoms with Crippen molar-refractivity contribution in [2.75, 3.05) is 19.4 Å². The molecule has 1 N–H and O–H groups in total. The van der Waals surface area contributed by atoms with Gasteiger partial charge in [0, 0.05) is 19.8 Å². The second-order valence-corrected chi connectivity index (χ2v) is 8.03. The van der Waals surface area contributed by atoms with Crippen molar-refractivity contribution < 1.29 is 13.2 Å². The number of hydrogen-bond acceptors (Lipinski definition) is 4. The van der Waals surface area contributed by atoms with E-state index in [2.05, 4.69) is 10.4 Å². The molecule has 0 saturated carbocycles. The quantitative estimate of drug-likeness (QED) is 0.872. The Bertz CT molecular complexity index is 858. The summed E-state index contributed by atoms with van der Waals surface area (Å²) in [5, 5.41) is 7.44. The molecule has 0 spiro atoms. The average molecular weight is 371 g/mol. The van der Waals surface area contributed by atoms with E-state index in [9.17, 15) is 13.2 Å². The van der Waals surface area contributed by atoms with E-state index in [0.717, 1.165) is 10.00 Å². The molecule has 1 aromatic heterocycles. The molecule has 0 bridgehead atoms. The number of hydrogen-bond donors (Lipinski definition) is 1. The number of sulfonamides is 1. The summed E-state index contributed by atoms with van der Waals surface area (Å²) in [5.41, 5.74) is 1.89. The zero-order valence-corrected chi connectivity index (χ0v) is 15.4. The third kappa shape index (κ3) is 3.77. The Labute approximate surface area is 146 Å². The first-order valence-electron chi connectivity index (χ1n) is 7.15. The fraction of sp³-hybridized carbons (Fsp3) is 0.333. The van der Waals surface area contributed by atoms with Gasteiger partial charge in [-0.15, -0.1) is 0 Å². The average Bonchev–Trinajstić information content (AvgIpc) is 2.74. The molecule has 0 atom stereocenters. The summed E-state index contributed by atoms with van der Waals surface area (Å²) in [6.45, 7) is 3.58. The van der Waals surface area contributed by atoms with Gasteiger partial charge in [-0.25, -0.2) is 12.7 Å². The Morgan fingerprint density at radius 3 is 2.29 bits per heavy atom. The minimum absolute atomic E-state index is 0.0249. The number of amides is 1. The van der Waals surface area contributed by atoms with Crippen LogP contribution in [-0.2, 0) is 21.4 Å². The summed E-state index contributed by atoms with van der Waals surface area (Å²) in [7, 11) is -0.561. The van der Waals surface area contributed by atoms with Crippen LogP contribution in [0.15, 0.2) is 29.2 Å². The molecule has 0 aliphatic heterocycles.